The first kappa shape index (κ1) is 20.8. The van der Waals surface area contributed by atoms with Gasteiger partial charge in [-0.25, -0.2) is 0 Å². The van der Waals surface area contributed by atoms with Crippen molar-refractivity contribution in [2.45, 2.75) is 87.0 Å². The lowest BCUT2D eigenvalue weighted by molar-refractivity contribution is -0.128. The molecule has 1 heterocycles. The highest BCUT2D eigenvalue weighted by molar-refractivity contribution is 5.73. The van der Waals surface area contributed by atoms with Gasteiger partial charge < -0.3 is 4.90 Å². The second-order valence-corrected chi connectivity index (χ2v) is 10.7. The van der Waals surface area contributed by atoms with Crippen LogP contribution in [0.5, 0.6) is 0 Å². The lowest BCUT2D eigenvalue weighted by Gasteiger charge is -2.32. The first-order chi connectivity index (χ1) is 11.6. The summed E-state index contributed by atoms with van der Waals surface area (Å²) in [5.41, 5.74) is 0.412. The molecule has 1 amide bonds. The Labute approximate surface area is 157 Å². The standard InChI is InChI=1S/C23H43NO/c1-16(2)17(3)10-20-8-9-21(11-20)12-23(6,7)13-22-15-24(19(5)25)14-18(22)4/h16-18,20-22H,8-15H2,1-7H3/t17?,18-,20?,21?,22-/m0/s1. The van der Waals surface area contributed by atoms with E-state index in [0.29, 0.717) is 17.3 Å². The second-order valence-electron chi connectivity index (χ2n) is 10.7. The maximum Gasteiger partial charge on any atom is 0.219 e. The number of nitrogens with zero attached hydrogens (tertiary/aromatic N) is 1. The van der Waals surface area contributed by atoms with E-state index in [1.54, 1.807) is 6.92 Å². The van der Waals surface area contributed by atoms with Crippen molar-refractivity contribution in [3.8, 4) is 0 Å². The van der Waals surface area contributed by atoms with E-state index in [9.17, 15) is 4.79 Å². The van der Waals surface area contributed by atoms with Crippen molar-refractivity contribution in [1.82, 2.24) is 4.90 Å². The van der Waals surface area contributed by atoms with E-state index in [1.165, 1.54) is 38.5 Å². The highest BCUT2D eigenvalue weighted by Gasteiger charge is 2.37. The van der Waals surface area contributed by atoms with E-state index in [0.717, 1.165) is 36.8 Å². The second kappa shape index (κ2) is 8.44. The van der Waals surface area contributed by atoms with Gasteiger partial charge >= 0.3 is 0 Å². The molecule has 2 nitrogen and oxygen atoms in total. The van der Waals surface area contributed by atoms with Gasteiger partial charge in [-0.3, -0.25) is 4.79 Å². The minimum absolute atomic E-state index is 0.255. The Morgan fingerprint density at radius 2 is 1.72 bits per heavy atom. The number of carbonyl (C=O) groups excluding carboxylic acids is 1. The lowest BCUT2D eigenvalue weighted by atomic mass is 9.73. The average Bonchev–Trinajstić information content (AvgIpc) is 3.05. The molecule has 0 N–H and O–H groups in total. The molecule has 0 aromatic rings. The van der Waals surface area contributed by atoms with Crippen molar-refractivity contribution < 1.29 is 4.79 Å². The van der Waals surface area contributed by atoms with Crippen LogP contribution in [0.15, 0.2) is 0 Å². The van der Waals surface area contributed by atoms with E-state index in [-0.39, 0.29) is 5.91 Å². The molecule has 2 heteroatoms. The van der Waals surface area contributed by atoms with Crippen LogP contribution in [0.2, 0.25) is 0 Å². The fourth-order valence-electron chi connectivity index (χ4n) is 5.51. The molecule has 0 radical (unpaired) electrons. The van der Waals surface area contributed by atoms with Gasteiger partial charge in [-0.2, -0.15) is 0 Å². The van der Waals surface area contributed by atoms with Crippen molar-refractivity contribution in [2.75, 3.05) is 13.1 Å². The monoisotopic (exact) mass is 349 g/mol. The van der Waals surface area contributed by atoms with Crippen molar-refractivity contribution in [2.24, 2.45) is 40.9 Å². The van der Waals surface area contributed by atoms with Gasteiger partial charge in [0.05, 0.1) is 0 Å². The van der Waals surface area contributed by atoms with Gasteiger partial charge in [0.25, 0.3) is 0 Å². The molecule has 1 aliphatic heterocycles. The summed E-state index contributed by atoms with van der Waals surface area (Å²) in [6.07, 6.45) is 8.45. The van der Waals surface area contributed by atoms with E-state index < -0.39 is 0 Å². The largest absolute Gasteiger partial charge is 0.342 e. The van der Waals surface area contributed by atoms with Crippen molar-refractivity contribution in [3.05, 3.63) is 0 Å². The first-order valence-corrected chi connectivity index (χ1v) is 10.8. The van der Waals surface area contributed by atoms with Crippen molar-refractivity contribution in [3.63, 3.8) is 0 Å². The van der Waals surface area contributed by atoms with Gasteiger partial charge in [0, 0.05) is 20.0 Å². The summed E-state index contributed by atoms with van der Waals surface area (Å²) in [6.45, 7) is 18.1. The molecular weight excluding hydrogens is 306 g/mol. The summed E-state index contributed by atoms with van der Waals surface area (Å²) in [5.74, 6) is 5.20. The van der Waals surface area contributed by atoms with Gasteiger partial charge in [-0.05, 0) is 66.6 Å². The Balaban J connectivity index is 1.80. The fourth-order valence-corrected chi connectivity index (χ4v) is 5.51. The molecule has 2 rings (SSSR count). The fraction of sp³-hybridized carbons (Fsp3) is 0.957. The highest BCUT2D eigenvalue weighted by Crippen LogP contribution is 2.45. The van der Waals surface area contributed by atoms with Crippen LogP contribution < -0.4 is 0 Å². The Hall–Kier alpha value is -0.530. The molecule has 1 aliphatic carbocycles. The number of amides is 1. The van der Waals surface area contributed by atoms with Crippen LogP contribution in [0, 0.1) is 40.9 Å². The zero-order chi connectivity index (χ0) is 18.8. The molecule has 0 aromatic heterocycles. The van der Waals surface area contributed by atoms with E-state index in [2.05, 4.69) is 46.4 Å². The zero-order valence-electron chi connectivity index (χ0n) is 18.0. The molecule has 2 aliphatic rings. The summed E-state index contributed by atoms with van der Waals surface area (Å²) in [7, 11) is 0. The molecule has 1 saturated heterocycles. The predicted molar refractivity (Wildman–Crippen MR) is 107 cm³/mol. The predicted octanol–water partition coefficient (Wildman–Crippen LogP) is 6.01. The number of carbonyl (C=O) groups is 1. The third kappa shape index (κ3) is 6.00. The summed E-state index contributed by atoms with van der Waals surface area (Å²) in [4.78, 5) is 13.7. The normalized spacial score (nSPS) is 31.8. The maximum absolute atomic E-state index is 11.7. The summed E-state index contributed by atoms with van der Waals surface area (Å²) >= 11 is 0. The number of rotatable bonds is 7. The van der Waals surface area contributed by atoms with E-state index in [4.69, 9.17) is 0 Å². The Morgan fingerprint density at radius 1 is 1.08 bits per heavy atom. The van der Waals surface area contributed by atoms with Crippen molar-refractivity contribution in [1.29, 1.82) is 0 Å². The molecular formula is C23H43NO. The molecule has 0 spiro atoms. The molecule has 25 heavy (non-hydrogen) atoms. The van der Waals surface area contributed by atoms with Crippen molar-refractivity contribution >= 4 is 5.91 Å². The third-order valence-electron chi connectivity index (χ3n) is 7.36. The summed E-state index contributed by atoms with van der Waals surface area (Å²) < 4.78 is 0. The molecule has 1 saturated carbocycles. The lowest BCUT2D eigenvalue weighted by Crippen LogP contribution is -2.27. The highest BCUT2D eigenvalue weighted by atomic mass is 16.2. The molecule has 5 atom stereocenters. The average molecular weight is 350 g/mol. The third-order valence-corrected chi connectivity index (χ3v) is 7.36. The van der Waals surface area contributed by atoms with Crippen LogP contribution in [-0.2, 0) is 4.79 Å². The van der Waals surface area contributed by atoms with Crippen LogP contribution >= 0.6 is 0 Å². The van der Waals surface area contributed by atoms with Crippen LogP contribution in [0.25, 0.3) is 0 Å². The number of hydrogen-bond acceptors (Lipinski definition) is 1. The quantitative estimate of drug-likeness (QED) is 0.551. The SMILES string of the molecule is CC(=O)N1C[C@H](CC(C)(C)CC2CCC(CC(C)C(C)C)C2)[C@@H](C)C1. The molecule has 2 fully saturated rings. The summed E-state index contributed by atoms with van der Waals surface area (Å²) in [5, 5.41) is 0. The van der Waals surface area contributed by atoms with Crippen LogP contribution in [0.3, 0.4) is 0 Å². The maximum atomic E-state index is 11.7. The smallest absolute Gasteiger partial charge is 0.219 e. The van der Waals surface area contributed by atoms with Gasteiger partial charge in [0.1, 0.15) is 0 Å². The molecule has 3 unspecified atom stereocenters. The molecule has 0 bridgehead atoms. The molecule has 0 aromatic carbocycles. The van der Waals surface area contributed by atoms with Gasteiger partial charge in [-0.15, -0.1) is 0 Å². The van der Waals surface area contributed by atoms with Gasteiger partial charge in [-0.1, -0.05) is 54.4 Å². The van der Waals surface area contributed by atoms with Crippen LogP contribution in [0.1, 0.15) is 87.0 Å². The zero-order valence-corrected chi connectivity index (χ0v) is 18.0. The van der Waals surface area contributed by atoms with Crippen LogP contribution in [-0.4, -0.2) is 23.9 Å². The number of likely N-dealkylation sites (tertiary alicyclic amines) is 1. The number of hydrogen-bond donors (Lipinski definition) is 0. The first-order valence-electron chi connectivity index (χ1n) is 10.8. The van der Waals surface area contributed by atoms with Gasteiger partial charge in [0.15, 0.2) is 0 Å². The van der Waals surface area contributed by atoms with E-state index in [1.807, 2.05) is 0 Å². The Morgan fingerprint density at radius 3 is 2.28 bits per heavy atom. The van der Waals surface area contributed by atoms with E-state index >= 15 is 0 Å². The topological polar surface area (TPSA) is 20.3 Å². The minimum atomic E-state index is 0.255. The minimum Gasteiger partial charge on any atom is -0.342 e. The Kier molecular flexibility index (Phi) is 7.01. The molecule has 146 valence electrons. The summed E-state index contributed by atoms with van der Waals surface area (Å²) in [6, 6.07) is 0. The van der Waals surface area contributed by atoms with Gasteiger partial charge in [0.2, 0.25) is 5.91 Å². The Bertz CT molecular complexity index is 441. The van der Waals surface area contributed by atoms with Crippen LogP contribution in [0.4, 0.5) is 0 Å².